The molecule has 0 aromatic carbocycles. The fraction of sp³-hybridized carbons (Fsp3) is 0. The van der Waals surface area contributed by atoms with E-state index in [1.807, 2.05) is 30.4 Å². The molecule has 2 nitrogen and oxygen atoms in total. The molecule has 0 bridgehead atoms. The van der Waals surface area contributed by atoms with E-state index in [1.54, 1.807) is 12.2 Å². The van der Waals surface area contributed by atoms with Gasteiger partial charge in [0.15, 0.2) is 0 Å². The molecule has 0 aliphatic heterocycles. The normalized spacial score (nSPS) is 14.1. The highest BCUT2D eigenvalue weighted by molar-refractivity contribution is 14.1. The minimum atomic E-state index is 0.145. The highest BCUT2D eigenvalue weighted by atomic mass is 127. The summed E-state index contributed by atoms with van der Waals surface area (Å²) in [5.41, 5.74) is 0.805. The Hall–Kier alpha value is -1.33. The average molecular weight is 280 g/mol. The van der Waals surface area contributed by atoms with Crippen LogP contribution in [0.5, 0.6) is 0 Å². The second kappa shape index (κ2) is 4.64. The Balaban J connectivity index is 3.15. The molecule has 0 heterocycles. The lowest BCUT2D eigenvalue weighted by Crippen LogP contribution is -1.79. The molecule has 0 atom stereocenters. The number of nitrogens with zero attached hydrogens (tertiary/aromatic N) is 2. The first-order valence-electron chi connectivity index (χ1n) is 3.54. The zero-order valence-electron chi connectivity index (χ0n) is 6.66. The van der Waals surface area contributed by atoms with Crippen molar-refractivity contribution in [2.24, 2.45) is 0 Å². The van der Waals surface area contributed by atoms with Crippen molar-refractivity contribution in [1.82, 2.24) is 0 Å². The van der Waals surface area contributed by atoms with Gasteiger partial charge in [0.1, 0.15) is 17.7 Å². The maximum absolute atomic E-state index is 8.62. The summed E-state index contributed by atoms with van der Waals surface area (Å²) in [5.74, 6) is 0. The van der Waals surface area contributed by atoms with Crippen LogP contribution in [0.25, 0.3) is 0 Å². The smallest absolute Gasteiger partial charge is 0.136 e. The monoisotopic (exact) mass is 280 g/mol. The van der Waals surface area contributed by atoms with Crippen molar-refractivity contribution in [3.8, 4) is 12.1 Å². The number of nitriles is 2. The zero-order chi connectivity index (χ0) is 9.68. The molecule has 0 amide bonds. The molecule has 0 N–H and O–H groups in total. The van der Waals surface area contributed by atoms with Crippen LogP contribution in [0.1, 0.15) is 0 Å². The van der Waals surface area contributed by atoms with E-state index in [2.05, 4.69) is 22.6 Å². The molecule has 0 unspecified atom stereocenters. The first-order chi connectivity index (χ1) is 6.27. The molecule has 62 valence electrons. The molecule has 0 aromatic heterocycles. The SMILES string of the molecule is N#CC(C#N)=C1C=CC=C(I)C=C1. The van der Waals surface area contributed by atoms with Crippen molar-refractivity contribution in [3.05, 3.63) is 45.1 Å². The van der Waals surface area contributed by atoms with Crippen LogP contribution in [-0.2, 0) is 0 Å². The molecule has 1 rings (SSSR count). The van der Waals surface area contributed by atoms with Crippen LogP contribution in [0, 0.1) is 22.7 Å². The van der Waals surface area contributed by atoms with Crippen molar-refractivity contribution in [1.29, 1.82) is 10.5 Å². The Labute approximate surface area is 90.3 Å². The second-order valence-corrected chi connectivity index (χ2v) is 3.54. The van der Waals surface area contributed by atoms with E-state index in [-0.39, 0.29) is 5.57 Å². The molecule has 1 aliphatic carbocycles. The summed E-state index contributed by atoms with van der Waals surface area (Å²) in [7, 11) is 0. The molecule has 0 saturated carbocycles. The van der Waals surface area contributed by atoms with Gasteiger partial charge in [-0.3, -0.25) is 0 Å². The first kappa shape index (κ1) is 9.76. The number of rotatable bonds is 0. The highest BCUT2D eigenvalue weighted by Gasteiger charge is 2.00. The van der Waals surface area contributed by atoms with Gasteiger partial charge in [0.05, 0.1) is 0 Å². The molecule has 0 aromatic rings. The van der Waals surface area contributed by atoms with E-state index in [1.165, 1.54) is 0 Å². The van der Waals surface area contributed by atoms with Crippen molar-refractivity contribution in [2.75, 3.05) is 0 Å². The van der Waals surface area contributed by atoms with Gasteiger partial charge in [0, 0.05) is 9.15 Å². The van der Waals surface area contributed by atoms with Gasteiger partial charge in [0.25, 0.3) is 0 Å². The quantitative estimate of drug-likeness (QED) is 0.506. The van der Waals surface area contributed by atoms with E-state index >= 15 is 0 Å². The lowest BCUT2D eigenvalue weighted by Gasteiger charge is -1.89. The van der Waals surface area contributed by atoms with Crippen LogP contribution in [0.15, 0.2) is 45.1 Å². The maximum atomic E-state index is 8.62. The third-order valence-electron chi connectivity index (χ3n) is 1.47. The standard InChI is InChI=1S/C10H5IN2/c11-10-3-1-2-8(4-5-10)9(6-12)7-13/h1-5H. The fourth-order valence-corrected chi connectivity index (χ4v) is 1.23. The van der Waals surface area contributed by atoms with Crippen LogP contribution in [0.4, 0.5) is 0 Å². The molecule has 0 radical (unpaired) electrons. The summed E-state index contributed by atoms with van der Waals surface area (Å²) in [5, 5.41) is 17.2. The largest absolute Gasteiger partial charge is 0.192 e. The van der Waals surface area contributed by atoms with Crippen LogP contribution in [0.2, 0.25) is 0 Å². The molecular weight excluding hydrogens is 275 g/mol. The summed E-state index contributed by atoms with van der Waals surface area (Å²) < 4.78 is 1.07. The fourth-order valence-electron chi connectivity index (χ4n) is 0.845. The Bertz CT molecular complexity index is 395. The van der Waals surface area contributed by atoms with Gasteiger partial charge < -0.3 is 0 Å². The minimum absolute atomic E-state index is 0.145. The Morgan fingerprint density at radius 1 is 1.15 bits per heavy atom. The average Bonchev–Trinajstić information content (AvgIpc) is 2.34. The predicted octanol–water partition coefficient (Wildman–Crippen LogP) is 2.78. The van der Waals surface area contributed by atoms with Crippen molar-refractivity contribution in [2.45, 2.75) is 0 Å². The number of hydrogen-bond acceptors (Lipinski definition) is 2. The summed E-state index contributed by atoms with van der Waals surface area (Å²) in [6, 6.07) is 3.71. The van der Waals surface area contributed by atoms with Gasteiger partial charge in [-0.25, -0.2) is 0 Å². The number of halogens is 1. The minimum Gasteiger partial charge on any atom is -0.192 e. The summed E-state index contributed by atoms with van der Waals surface area (Å²) in [6.45, 7) is 0. The Kier molecular flexibility index (Phi) is 3.48. The Morgan fingerprint density at radius 2 is 1.85 bits per heavy atom. The zero-order valence-corrected chi connectivity index (χ0v) is 8.82. The van der Waals surface area contributed by atoms with Gasteiger partial charge in [-0.1, -0.05) is 18.2 Å². The first-order valence-corrected chi connectivity index (χ1v) is 4.62. The van der Waals surface area contributed by atoms with E-state index in [0.717, 1.165) is 3.58 Å². The van der Waals surface area contributed by atoms with Gasteiger partial charge in [-0.15, -0.1) is 0 Å². The lowest BCUT2D eigenvalue weighted by molar-refractivity contribution is 1.44. The van der Waals surface area contributed by atoms with Crippen LogP contribution < -0.4 is 0 Å². The van der Waals surface area contributed by atoms with Crippen molar-refractivity contribution < 1.29 is 0 Å². The van der Waals surface area contributed by atoms with Crippen molar-refractivity contribution in [3.63, 3.8) is 0 Å². The van der Waals surface area contributed by atoms with Crippen molar-refractivity contribution >= 4 is 22.6 Å². The molecule has 0 saturated heterocycles. The molecule has 0 fully saturated rings. The predicted molar refractivity (Wildman–Crippen MR) is 58.6 cm³/mol. The summed E-state index contributed by atoms with van der Waals surface area (Å²) in [6.07, 6.45) is 9.13. The molecule has 1 aliphatic rings. The third-order valence-corrected chi connectivity index (χ3v) is 2.18. The van der Waals surface area contributed by atoms with E-state index in [4.69, 9.17) is 10.5 Å². The molecule has 0 spiro atoms. The molecule has 3 heteroatoms. The van der Waals surface area contributed by atoms with Gasteiger partial charge in [-0.2, -0.15) is 10.5 Å². The third kappa shape index (κ3) is 2.57. The number of allylic oxidation sites excluding steroid dienone is 8. The maximum Gasteiger partial charge on any atom is 0.136 e. The van der Waals surface area contributed by atoms with Gasteiger partial charge >= 0.3 is 0 Å². The Morgan fingerprint density at radius 3 is 2.46 bits per heavy atom. The molecular formula is C10H5IN2. The topological polar surface area (TPSA) is 47.6 Å². The van der Waals surface area contributed by atoms with Gasteiger partial charge in [-0.05, 0) is 34.7 Å². The second-order valence-electron chi connectivity index (χ2n) is 2.30. The summed E-state index contributed by atoms with van der Waals surface area (Å²) >= 11 is 2.17. The van der Waals surface area contributed by atoms with Gasteiger partial charge in [0.2, 0.25) is 0 Å². The lowest BCUT2D eigenvalue weighted by atomic mass is 10.1. The van der Waals surface area contributed by atoms with Crippen LogP contribution in [-0.4, -0.2) is 0 Å². The van der Waals surface area contributed by atoms with Crippen LogP contribution in [0.3, 0.4) is 0 Å². The van der Waals surface area contributed by atoms with E-state index < -0.39 is 0 Å². The van der Waals surface area contributed by atoms with E-state index in [9.17, 15) is 0 Å². The molecule has 13 heavy (non-hydrogen) atoms. The van der Waals surface area contributed by atoms with Crippen LogP contribution >= 0.6 is 22.6 Å². The highest BCUT2D eigenvalue weighted by Crippen LogP contribution is 2.16. The summed E-state index contributed by atoms with van der Waals surface area (Å²) in [4.78, 5) is 0. The number of hydrogen-bond donors (Lipinski definition) is 0. The van der Waals surface area contributed by atoms with E-state index in [0.29, 0.717) is 5.57 Å².